The molecular weight excluding hydrogens is 410 g/mol. The SMILES string of the molecule is COc1cnc2ccc(=O)n(CCN3CCC(NCc4ccc([N+](=O)[O-])cc4)CC3)c2c1. The standard InChI is InChI=1S/C23H27N5O4/c1-32-20-14-22-21(25-16-20)6-7-23(29)27(22)13-12-26-10-8-18(9-11-26)24-15-17-2-4-19(5-3-17)28(30)31/h2-7,14,16,18,24H,8-13,15H2,1H3. The van der Waals surface area contributed by atoms with Gasteiger partial charge in [-0.05, 0) is 37.6 Å². The molecule has 0 radical (unpaired) electrons. The minimum absolute atomic E-state index is 0.0350. The zero-order valence-corrected chi connectivity index (χ0v) is 18.1. The van der Waals surface area contributed by atoms with E-state index in [0.717, 1.165) is 49.1 Å². The maximum atomic E-state index is 12.5. The fourth-order valence-corrected chi connectivity index (χ4v) is 4.09. The summed E-state index contributed by atoms with van der Waals surface area (Å²) in [7, 11) is 1.59. The number of piperidine rings is 1. The molecule has 0 unspecified atom stereocenters. The van der Waals surface area contributed by atoms with Crippen molar-refractivity contribution < 1.29 is 9.66 Å². The Bertz CT molecular complexity index is 1140. The molecule has 0 aliphatic carbocycles. The van der Waals surface area contributed by atoms with Gasteiger partial charge in [0, 0.05) is 49.9 Å². The van der Waals surface area contributed by atoms with Gasteiger partial charge in [0.05, 0.1) is 29.3 Å². The number of rotatable bonds is 8. The third kappa shape index (κ3) is 5.12. The molecule has 0 atom stereocenters. The smallest absolute Gasteiger partial charge is 0.269 e. The summed E-state index contributed by atoms with van der Waals surface area (Å²) < 4.78 is 7.04. The van der Waals surface area contributed by atoms with Crippen LogP contribution < -0.4 is 15.6 Å². The largest absolute Gasteiger partial charge is 0.495 e. The molecule has 1 saturated heterocycles. The first-order valence-corrected chi connectivity index (χ1v) is 10.8. The Morgan fingerprint density at radius 2 is 1.91 bits per heavy atom. The van der Waals surface area contributed by atoms with Crippen molar-refractivity contribution in [2.75, 3.05) is 26.7 Å². The first kappa shape index (κ1) is 21.9. The highest BCUT2D eigenvalue weighted by molar-refractivity contribution is 5.75. The van der Waals surface area contributed by atoms with Gasteiger partial charge in [0.25, 0.3) is 11.2 Å². The van der Waals surface area contributed by atoms with Crippen LogP contribution in [0.2, 0.25) is 0 Å². The lowest BCUT2D eigenvalue weighted by molar-refractivity contribution is -0.384. The molecule has 1 N–H and O–H groups in total. The number of hydrogen-bond donors (Lipinski definition) is 1. The number of nitro benzene ring substituents is 1. The number of methoxy groups -OCH3 is 1. The lowest BCUT2D eigenvalue weighted by Gasteiger charge is -2.32. The molecule has 32 heavy (non-hydrogen) atoms. The van der Waals surface area contributed by atoms with Crippen LogP contribution in [0.4, 0.5) is 5.69 Å². The highest BCUT2D eigenvalue weighted by Crippen LogP contribution is 2.18. The molecule has 1 aromatic carbocycles. The van der Waals surface area contributed by atoms with E-state index in [1.54, 1.807) is 54.3 Å². The van der Waals surface area contributed by atoms with Crippen LogP contribution in [0.15, 0.2) is 53.5 Å². The van der Waals surface area contributed by atoms with E-state index in [1.165, 1.54) is 0 Å². The molecule has 9 heteroatoms. The normalized spacial score (nSPS) is 15.2. The number of nitro groups is 1. The Morgan fingerprint density at radius 1 is 1.16 bits per heavy atom. The number of nitrogens with zero attached hydrogens (tertiary/aromatic N) is 4. The molecule has 1 aliphatic rings. The monoisotopic (exact) mass is 437 g/mol. The number of aromatic nitrogens is 2. The summed E-state index contributed by atoms with van der Waals surface area (Å²) in [5.41, 5.74) is 2.68. The average Bonchev–Trinajstić information content (AvgIpc) is 2.82. The van der Waals surface area contributed by atoms with Crippen molar-refractivity contribution in [3.8, 4) is 5.75 Å². The van der Waals surface area contributed by atoms with Gasteiger partial charge in [-0.3, -0.25) is 19.9 Å². The quantitative estimate of drug-likeness (QED) is 0.427. The maximum Gasteiger partial charge on any atom is 0.269 e. The molecule has 0 bridgehead atoms. The maximum absolute atomic E-state index is 12.5. The van der Waals surface area contributed by atoms with Crippen molar-refractivity contribution >= 4 is 16.7 Å². The van der Waals surface area contributed by atoms with Gasteiger partial charge in [0.1, 0.15) is 5.75 Å². The molecule has 0 saturated carbocycles. The Morgan fingerprint density at radius 3 is 2.59 bits per heavy atom. The number of pyridine rings is 2. The Hall–Kier alpha value is -3.30. The van der Waals surface area contributed by atoms with E-state index < -0.39 is 0 Å². The molecule has 3 aromatic rings. The van der Waals surface area contributed by atoms with Gasteiger partial charge in [-0.15, -0.1) is 0 Å². The van der Waals surface area contributed by atoms with Gasteiger partial charge in [-0.1, -0.05) is 12.1 Å². The second-order valence-corrected chi connectivity index (χ2v) is 8.02. The summed E-state index contributed by atoms with van der Waals surface area (Å²) >= 11 is 0. The summed E-state index contributed by atoms with van der Waals surface area (Å²) in [5, 5.41) is 14.3. The van der Waals surface area contributed by atoms with E-state index in [9.17, 15) is 14.9 Å². The van der Waals surface area contributed by atoms with Crippen molar-refractivity contribution in [2.45, 2.75) is 32.0 Å². The second kappa shape index (κ2) is 9.88. The molecule has 1 fully saturated rings. The summed E-state index contributed by atoms with van der Waals surface area (Å²) in [4.78, 5) is 29.6. The van der Waals surface area contributed by atoms with Crippen molar-refractivity contribution in [1.82, 2.24) is 19.8 Å². The number of likely N-dealkylation sites (tertiary alicyclic amines) is 1. The first-order valence-electron chi connectivity index (χ1n) is 10.8. The Balaban J connectivity index is 1.29. The van der Waals surface area contributed by atoms with Crippen LogP contribution >= 0.6 is 0 Å². The summed E-state index contributed by atoms with van der Waals surface area (Å²) in [6.45, 7) is 4.01. The third-order valence-corrected chi connectivity index (χ3v) is 6.02. The third-order valence-electron chi connectivity index (χ3n) is 6.02. The molecular formula is C23H27N5O4. The zero-order chi connectivity index (χ0) is 22.5. The summed E-state index contributed by atoms with van der Waals surface area (Å²) in [6.07, 6.45) is 3.70. The molecule has 4 rings (SSSR count). The van der Waals surface area contributed by atoms with Crippen LogP contribution in [0.3, 0.4) is 0 Å². The zero-order valence-electron chi connectivity index (χ0n) is 18.1. The van der Waals surface area contributed by atoms with Crippen LogP contribution in [-0.2, 0) is 13.1 Å². The van der Waals surface area contributed by atoms with Gasteiger partial charge in [0.15, 0.2) is 0 Å². The van der Waals surface area contributed by atoms with Gasteiger partial charge in [-0.25, -0.2) is 0 Å². The summed E-state index contributed by atoms with van der Waals surface area (Å²) in [6, 6.07) is 12.3. The molecule has 1 aliphatic heterocycles. The Kier molecular flexibility index (Phi) is 6.77. The highest BCUT2D eigenvalue weighted by atomic mass is 16.6. The number of non-ortho nitro benzene ring substituents is 1. The second-order valence-electron chi connectivity index (χ2n) is 8.02. The van der Waals surface area contributed by atoms with E-state index in [2.05, 4.69) is 15.2 Å². The minimum Gasteiger partial charge on any atom is -0.495 e. The highest BCUT2D eigenvalue weighted by Gasteiger charge is 2.19. The van der Waals surface area contributed by atoms with E-state index in [0.29, 0.717) is 24.9 Å². The van der Waals surface area contributed by atoms with Gasteiger partial charge < -0.3 is 19.5 Å². The van der Waals surface area contributed by atoms with Gasteiger partial charge >= 0.3 is 0 Å². The number of ether oxygens (including phenoxy) is 1. The number of fused-ring (bicyclic) bond motifs is 1. The number of hydrogen-bond acceptors (Lipinski definition) is 7. The summed E-state index contributed by atoms with van der Waals surface area (Å²) in [5.74, 6) is 0.636. The van der Waals surface area contributed by atoms with Crippen molar-refractivity contribution in [3.63, 3.8) is 0 Å². The first-order chi connectivity index (χ1) is 15.5. The van der Waals surface area contributed by atoms with Crippen molar-refractivity contribution in [3.05, 3.63) is 74.7 Å². The van der Waals surface area contributed by atoms with Crippen LogP contribution in [-0.4, -0.2) is 52.2 Å². The predicted octanol–water partition coefficient (Wildman–Crippen LogP) is 2.57. The van der Waals surface area contributed by atoms with E-state index in [-0.39, 0.29) is 16.2 Å². The van der Waals surface area contributed by atoms with Crippen molar-refractivity contribution in [1.29, 1.82) is 0 Å². The predicted molar refractivity (Wildman–Crippen MR) is 122 cm³/mol. The molecule has 9 nitrogen and oxygen atoms in total. The van der Waals surface area contributed by atoms with E-state index >= 15 is 0 Å². The van der Waals surface area contributed by atoms with Crippen LogP contribution in [0.5, 0.6) is 5.75 Å². The molecule has 2 aromatic heterocycles. The average molecular weight is 438 g/mol. The molecule has 0 amide bonds. The van der Waals surface area contributed by atoms with E-state index in [1.807, 2.05) is 6.07 Å². The van der Waals surface area contributed by atoms with Crippen LogP contribution in [0, 0.1) is 10.1 Å². The number of benzene rings is 1. The van der Waals surface area contributed by atoms with Gasteiger partial charge in [-0.2, -0.15) is 0 Å². The van der Waals surface area contributed by atoms with Crippen LogP contribution in [0.25, 0.3) is 11.0 Å². The topological polar surface area (TPSA) is 103 Å². The Labute approximate surface area is 185 Å². The molecule has 0 spiro atoms. The fourth-order valence-electron chi connectivity index (χ4n) is 4.09. The molecule has 168 valence electrons. The fraction of sp³-hybridized carbons (Fsp3) is 0.391. The minimum atomic E-state index is -0.383. The van der Waals surface area contributed by atoms with Crippen molar-refractivity contribution in [2.24, 2.45) is 0 Å². The van der Waals surface area contributed by atoms with Gasteiger partial charge in [0.2, 0.25) is 0 Å². The van der Waals surface area contributed by atoms with E-state index in [4.69, 9.17) is 4.74 Å². The lowest BCUT2D eigenvalue weighted by atomic mass is 10.0. The number of nitrogens with one attached hydrogen (secondary N) is 1. The molecule has 3 heterocycles. The van der Waals surface area contributed by atoms with Crippen LogP contribution in [0.1, 0.15) is 18.4 Å². The lowest BCUT2D eigenvalue weighted by Crippen LogP contribution is -2.43.